The van der Waals surface area contributed by atoms with Crippen LogP contribution in [-0.4, -0.2) is 26.1 Å². The van der Waals surface area contributed by atoms with Crippen molar-refractivity contribution in [2.75, 3.05) is 13.7 Å². The Bertz CT molecular complexity index is 886. The molecule has 3 nitrogen and oxygen atoms in total. The second-order valence-corrected chi connectivity index (χ2v) is 8.79. The molecular formula is C24H34O3. The van der Waals surface area contributed by atoms with Crippen molar-refractivity contribution >= 4 is 0 Å². The molecule has 0 radical (unpaired) electrons. The first-order valence-corrected chi connectivity index (χ1v) is 10.5. The summed E-state index contributed by atoms with van der Waals surface area (Å²) in [5, 5.41) is 0. The Kier molecular flexibility index (Phi) is 3.46. The van der Waals surface area contributed by atoms with Gasteiger partial charge in [-0.25, -0.2) is 0 Å². The first-order valence-electron chi connectivity index (χ1n) is 13.0. The number of fused-ring (bicyclic) bond motifs is 5. The van der Waals surface area contributed by atoms with E-state index in [-0.39, 0.29) is 29.3 Å². The molecule has 1 aliphatic heterocycles. The molecule has 3 fully saturated rings. The van der Waals surface area contributed by atoms with E-state index >= 15 is 0 Å². The highest BCUT2D eigenvalue weighted by Crippen LogP contribution is 2.61. The number of hydrogen-bond donors (Lipinski definition) is 0. The van der Waals surface area contributed by atoms with Gasteiger partial charge in [0.2, 0.25) is 0 Å². The minimum atomic E-state index is -2.21. The molecule has 3 aliphatic carbocycles. The van der Waals surface area contributed by atoms with Gasteiger partial charge in [0.1, 0.15) is 5.75 Å². The number of aryl methyl sites for hydroxylation is 1. The second kappa shape index (κ2) is 7.08. The maximum atomic E-state index is 9.56. The van der Waals surface area contributed by atoms with Crippen molar-refractivity contribution in [3.05, 3.63) is 29.3 Å². The molecule has 0 aromatic heterocycles. The van der Waals surface area contributed by atoms with Crippen molar-refractivity contribution in [1.82, 2.24) is 0 Å². The summed E-state index contributed by atoms with van der Waals surface area (Å²) >= 11 is 0. The van der Waals surface area contributed by atoms with Crippen molar-refractivity contribution in [2.45, 2.75) is 82.9 Å². The van der Waals surface area contributed by atoms with Crippen LogP contribution < -0.4 is 4.74 Å². The molecule has 4 aliphatic rings. The molecule has 1 saturated heterocycles. The maximum absolute atomic E-state index is 9.56. The Morgan fingerprint density at radius 3 is 2.96 bits per heavy atom. The first kappa shape index (κ1) is 13.2. The summed E-state index contributed by atoms with van der Waals surface area (Å²) in [6, 6.07) is 5.16. The van der Waals surface area contributed by atoms with E-state index in [9.17, 15) is 1.37 Å². The molecule has 1 aromatic rings. The van der Waals surface area contributed by atoms with Gasteiger partial charge in [-0.2, -0.15) is 0 Å². The highest BCUT2D eigenvalue weighted by Gasteiger charge is 2.55. The Morgan fingerprint density at radius 2 is 2.15 bits per heavy atom. The van der Waals surface area contributed by atoms with E-state index in [1.54, 1.807) is 18.2 Å². The topological polar surface area (TPSA) is 27.7 Å². The fourth-order valence-corrected chi connectivity index (χ4v) is 5.83. The van der Waals surface area contributed by atoms with Gasteiger partial charge in [-0.1, -0.05) is 13.0 Å². The van der Waals surface area contributed by atoms with Crippen LogP contribution in [0.1, 0.15) is 82.1 Å². The number of benzene rings is 1. The lowest BCUT2D eigenvalue weighted by Crippen LogP contribution is -2.46. The summed E-state index contributed by atoms with van der Waals surface area (Å²) < 4.78 is 63.0. The van der Waals surface area contributed by atoms with E-state index in [2.05, 4.69) is 6.92 Å². The minimum absolute atomic E-state index is 0.0425. The average molecular weight is 376 g/mol. The van der Waals surface area contributed by atoms with Crippen LogP contribution >= 0.6 is 0 Å². The van der Waals surface area contributed by atoms with E-state index < -0.39 is 24.6 Å². The molecule has 148 valence electrons. The third-order valence-corrected chi connectivity index (χ3v) is 7.42. The predicted molar refractivity (Wildman–Crippen MR) is 106 cm³/mol. The van der Waals surface area contributed by atoms with Crippen LogP contribution in [0.4, 0.5) is 0 Å². The zero-order chi connectivity index (χ0) is 22.9. The van der Waals surface area contributed by atoms with Gasteiger partial charge >= 0.3 is 0 Å². The van der Waals surface area contributed by atoms with Gasteiger partial charge in [0.15, 0.2) is 6.29 Å². The quantitative estimate of drug-likeness (QED) is 0.702. The minimum Gasteiger partial charge on any atom is -0.497 e. The SMILES string of the molecule is [2H]C1([2H])c2cc(OC)ccc2[C@@]2([2H])CC[C@]3(C)[C@@H](OC4CCCCO4)CC[C@H]3[C@@H]2C1([2H])[2H]. The first-order chi connectivity index (χ1) is 15.1. The van der Waals surface area contributed by atoms with E-state index in [0.717, 1.165) is 45.1 Å². The lowest BCUT2D eigenvalue weighted by molar-refractivity contribution is -0.212. The van der Waals surface area contributed by atoms with Crippen LogP contribution in [0.5, 0.6) is 5.75 Å². The highest BCUT2D eigenvalue weighted by atomic mass is 16.7. The Morgan fingerprint density at radius 1 is 1.22 bits per heavy atom. The zero-order valence-electron chi connectivity index (χ0n) is 21.4. The van der Waals surface area contributed by atoms with Gasteiger partial charge in [0, 0.05) is 13.5 Å². The molecule has 0 spiro atoms. The summed E-state index contributed by atoms with van der Waals surface area (Å²) in [6.45, 7) is 2.89. The standard InChI is InChI=1S/C24H34O3/c1-24-13-12-19-18-9-7-17(25-2)15-16(18)6-8-20(19)21(24)10-11-22(24)27-23-5-3-4-14-26-23/h7,9,15,19-23H,3-6,8,10-14H2,1-2H3/t19-,20-,21+,22+,23?,24+/m1/s1/i6D2,8D2,19D. The molecule has 5 rings (SSSR count). The maximum Gasteiger partial charge on any atom is 0.157 e. The fraction of sp³-hybridized carbons (Fsp3) is 0.750. The third kappa shape index (κ3) is 3.02. The molecule has 3 heteroatoms. The molecular weight excluding hydrogens is 336 g/mol. The summed E-state index contributed by atoms with van der Waals surface area (Å²) in [5.41, 5.74) is 0.590. The van der Waals surface area contributed by atoms with Crippen LogP contribution in [0.3, 0.4) is 0 Å². The average Bonchev–Trinajstić information content (AvgIpc) is 3.09. The van der Waals surface area contributed by atoms with Crippen LogP contribution in [0.15, 0.2) is 18.2 Å². The zero-order valence-corrected chi connectivity index (χ0v) is 16.4. The van der Waals surface area contributed by atoms with Crippen molar-refractivity contribution in [1.29, 1.82) is 0 Å². The van der Waals surface area contributed by atoms with Crippen molar-refractivity contribution in [2.24, 2.45) is 17.3 Å². The molecule has 0 bridgehead atoms. The number of rotatable bonds is 3. The molecule has 6 atom stereocenters. The Labute approximate surface area is 170 Å². The Balaban J connectivity index is 1.54. The molecule has 1 heterocycles. The van der Waals surface area contributed by atoms with E-state index in [0.29, 0.717) is 17.7 Å². The van der Waals surface area contributed by atoms with Crippen molar-refractivity contribution in [3.8, 4) is 5.75 Å². The lowest BCUT2D eigenvalue weighted by Gasteiger charge is -2.51. The van der Waals surface area contributed by atoms with Crippen molar-refractivity contribution < 1.29 is 21.1 Å². The van der Waals surface area contributed by atoms with Gasteiger partial charge in [-0.05, 0) is 104 Å². The fourth-order valence-electron chi connectivity index (χ4n) is 5.83. The summed E-state index contributed by atoms with van der Waals surface area (Å²) in [5.74, 6) is -1.54. The lowest BCUT2D eigenvalue weighted by atomic mass is 9.55. The van der Waals surface area contributed by atoms with Crippen LogP contribution in [0.2, 0.25) is 0 Å². The number of methoxy groups -OCH3 is 1. The number of hydrogen-bond acceptors (Lipinski definition) is 3. The van der Waals surface area contributed by atoms with E-state index in [1.807, 2.05) is 0 Å². The normalized spacial score (nSPS) is 49.9. The van der Waals surface area contributed by atoms with Gasteiger partial charge in [0.05, 0.1) is 13.2 Å². The third-order valence-electron chi connectivity index (χ3n) is 7.42. The van der Waals surface area contributed by atoms with Gasteiger partial charge in [0.25, 0.3) is 0 Å². The molecule has 1 unspecified atom stereocenters. The summed E-state index contributed by atoms with van der Waals surface area (Å²) in [4.78, 5) is 0. The highest BCUT2D eigenvalue weighted by molar-refractivity contribution is 5.40. The molecule has 0 N–H and O–H groups in total. The van der Waals surface area contributed by atoms with Crippen molar-refractivity contribution in [3.63, 3.8) is 0 Å². The number of ether oxygens (including phenoxy) is 3. The predicted octanol–water partition coefficient (Wildman–Crippen LogP) is 5.46. The van der Waals surface area contributed by atoms with Crippen LogP contribution in [0.25, 0.3) is 0 Å². The Hall–Kier alpha value is -1.06. The van der Waals surface area contributed by atoms with Gasteiger partial charge in [-0.15, -0.1) is 0 Å². The molecule has 0 amide bonds. The van der Waals surface area contributed by atoms with E-state index in [1.165, 1.54) is 7.11 Å². The molecule has 2 saturated carbocycles. The molecule has 27 heavy (non-hydrogen) atoms. The monoisotopic (exact) mass is 375 g/mol. The van der Waals surface area contributed by atoms with Crippen LogP contribution in [0, 0.1) is 17.3 Å². The van der Waals surface area contributed by atoms with Gasteiger partial charge in [-0.3, -0.25) is 0 Å². The summed E-state index contributed by atoms with van der Waals surface area (Å²) in [7, 11) is 1.52. The van der Waals surface area contributed by atoms with Gasteiger partial charge < -0.3 is 14.2 Å². The van der Waals surface area contributed by atoms with Crippen LogP contribution in [-0.2, 0) is 15.8 Å². The largest absolute Gasteiger partial charge is 0.497 e. The molecule has 1 aromatic carbocycles. The summed E-state index contributed by atoms with van der Waals surface area (Å²) in [6.07, 6.45) is 1.22. The van der Waals surface area contributed by atoms with E-state index in [4.69, 9.17) is 19.7 Å². The second-order valence-electron chi connectivity index (χ2n) is 8.79. The smallest absolute Gasteiger partial charge is 0.157 e.